The highest BCUT2D eigenvalue weighted by Crippen LogP contribution is 2.27. The predicted molar refractivity (Wildman–Crippen MR) is 98.4 cm³/mol. The van der Waals surface area contributed by atoms with Crippen LogP contribution in [0.5, 0.6) is 0 Å². The minimum Gasteiger partial charge on any atom is -0.391 e. The monoisotopic (exact) mass is 411 g/mol. The lowest BCUT2D eigenvalue weighted by atomic mass is 9.93. The number of thiophene rings is 1. The summed E-state index contributed by atoms with van der Waals surface area (Å²) in [5.41, 5.74) is 0. The summed E-state index contributed by atoms with van der Waals surface area (Å²) in [5, 5.41) is 10.6. The molecular weight excluding hydrogens is 386 g/mol. The number of rotatable bonds is 9. The van der Waals surface area contributed by atoms with E-state index in [-0.39, 0.29) is 16.4 Å². The maximum absolute atomic E-state index is 12.6. The van der Waals surface area contributed by atoms with Gasteiger partial charge in [-0.2, -0.15) is 0 Å². The van der Waals surface area contributed by atoms with Gasteiger partial charge in [0.15, 0.2) is 6.29 Å². The third-order valence-electron chi connectivity index (χ3n) is 4.37. The summed E-state index contributed by atoms with van der Waals surface area (Å²) in [7, 11) is -3.72. The number of aliphatic hydroxyl groups is 1. The first-order chi connectivity index (χ1) is 11.8. The molecule has 1 aliphatic heterocycles. The molecule has 144 valence electrons. The van der Waals surface area contributed by atoms with Crippen molar-refractivity contribution >= 4 is 33.0 Å². The molecule has 0 saturated carbocycles. The highest BCUT2D eigenvalue weighted by atomic mass is 35.5. The van der Waals surface area contributed by atoms with E-state index in [9.17, 15) is 13.5 Å². The average Bonchev–Trinajstić information content (AvgIpc) is 3.05. The molecule has 0 aliphatic carbocycles. The maximum atomic E-state index is 12.6. The van der Waals surface area contributed by atoms with Gasteiger partial charge in [0.05, 0.1) is 29.7 Å². The number of aliphatic hydroxyl groups excluding tert-OH is 1. The molecule has 1 aromatic heterocycles. The summed E-state index contributed by atoms with van der Waals surface area (Å²) in [4.78, 5) is 0. The lowest BCUT2D eigenvalue weighted by molar-refractivity contribution is -0.184. The van der Waals surface area contributed by atoms with Gasteiger partial charge in [0, 0.05) is 6.42 Å². The van der Waals surface area contributed by atoms with Gasteiger partial charge < -0.3 is 14.6 Å². The van der Waals surface area contributed by atoms with Gasteiger partial charge in [-0.05, 0) is 30.9 Å². The van der Waals surface area contributed by atoms with E-state index in [0.717, 1.165) is 24.2 Å². The van der Waals surface area contributed by atoms with Crippen molar-refractivity contribution in [1.29, 1.82) is 0 Å². The molecule has 0 bridgehead atoms. The van der Waals surface area contributed by atoms with Crippen LogP contribution in [0.25, 0.3) is 0 Å². The van der Waals surface area contributed by atoms with Crippen LogP contribution < -0.4 is 4.72 Å². The molecule has 1 aliphatic rings. The first-order valence-corrected chi connectivity index (χ1v) is 11.2. The van der Waals surface area contributed by atoms with Crippen molar-refractivity contribution in [1.82, 2.24) is 4.72 Å². The number of ether oxygens (including phenoxy) is 2. The van der Waals surface area contributed by atoms with E-state index >= 15 is 0 Å². The largest absolute Gasteiger partial charge is 0.391 e. The molecule has 1 saturated heterocycles. The molecule has 6 nitrogen and oxygen atoms in total. The molecule has 2 heterocycles. The van der Waals surface area contributed by atoms with Crippen LogP contribution in [-0.2, 0) is 19.5 Å². The predicted octanol–water partition coefficient (Wildman–Crippen LogP) is 3.00. The van der Waals surface area contributed by atoms with E-state index in [1.165, 1.54) is 6.07 Å². The van der Waals surface area contributed by atoms with Crippen LogP contribution in [0.4, 0.5) is 0 Å². The summed E-state index contributed by atoms with van der Waals surface area (Å²) < 4.78 is 39.3. The van der Waals surface area contributed by atoms with Crippen molar-refractivity contribution in [2.24, 2.45) is 5.92 Å². The number of hydrogen-bond acceptors (Lipinski definition) is 6. The van der Waals surface area contributed by atoms with E-state index in [4.69, 9.17) is 21.1 Å². The van der Waals surface area contributed by atoms with Crippen molar-refractivity contribution in [3.8, 4) is 0 Å². The van der Waals surface area contributed by atoms with Crippen molar-refractivity contribution in [2.45, 2.75) is 62.2 Å². The lowest BCUT2D eigenvalue weighted by Gasteiger charge is -2.30. The second-order valence-corrected chi connectivity index (χ2v) is 9.92. The standard InChI is InChI=1S/C16H26ClNO5S2/c1-3-11(2)16(12(19)5-7-14-22-9-4-10-23-14)18-25(20,21)15-8-6-13(17)24-15/h6,8,11-12,14,16,18-19H,3-5,7,9-10H2,1-2H3/t11-,12-,16?/m0/s1. The zero-order chi connectivity index (χ0) is 18.4. The van der Waals surface area contributed by atoms with Crippen LogP contribution >= 0.6 is 22.9 Å². The first kappa shape index (κ1) is 21.1. The van der Waals surface area contributed by atoms with E-state index in [0.29, 0.717) is 30.4 Å². The highest BCUT2D eigenvalue weighted by molar-refractivity contribution is 7.91. The Kier molecular flexibility index (Phi) is 8.13. The number of halogens is 1. The molecule has 3 atom stereocenters. The highest BCUT2D eigenvalue weighted by Gasteiger charge is 2.31. The summed E-state index contributed by atoms with van der Waals surface area (Å²) in [6, 6.07) is 2.44. The molecule has 0 radical (unpaired) electrons. The van der Waals surface area contributed by atoms with Crippen molar-refractivity contribution in [3.63, 3.8) is 0 Å². The van der Waals surface area contributed by atoms with Crippen LogP contribution in [0.3, 0.4) is 0 Å². The molecule has 0 spiro atoms. The minimum atomic E-state index is -3.72. The quantitative estimate of drug-likeness (QED) is 0.652. The fourth-order valence-corrected chi connectivity index (χ4v) is 5.57. The normalized spacial score (nSPS) is 20.3. The van der Waals surface area contributed by atoms with E-state index in [2.05, 4.69) is 4.72 Å². The molecule has 1 unspecified atom stereocenters. The molecular formula is C16H26ClNO5S2. The van der Waals surface area contributed by atoms with Gasteiger partial charge in [-0.15, -0.1) is 11.3 Å². The van der Waals surface area contributed by atoms with Gasteiger partial charge in [-0.3, -0.25) is 0 Å². The van der Waals surface area contributed by atoms with Gasteiger partial charge in [0.2, 0.25) is 10.0 Å². The zero-order valence-electron chi connectivity index (χ0n) is 14.5. The average molecular weight is 412 g/mol. The van der Waals surface area contributed by atoms with Crippen LogP contribution in [0.1, 0.15) is 39.5 Å². The van der Waals surface area contributed by atoms with Crippen LogP contribution in [0, 0.1) is 5.92 Å². The van der Waals surface area contributed by atoms with E-state index in [1.807, 2.05) is 13.8 Å². The molecule has 2 rings (SSSR count). The fraction of sp³-hybridized carbons (Fsp3) is 0.750. The lowest BCUT2D eigenvalue weighted by Crippen LogP contribution is -2.47. The maximum Gasteiger partial charge on any atom is 0.250 e. The third-order valence-corrected chi connectivity index (χ3v) is 7.55. The second-order valence-electron chi connectivity index (χ2n) is 6.26. The Morgan fingerprint density at radius 1 is 1.40 bits per heavy atom. The first-order valence-electron chi connectivity index (χ1n) is 8.52. The van der Waals surface area contributed by atoms with Gasteiger partial charge in [-0.25, -0.2) is 13.1 Å². The molecule has 0 amide bonds. The molecule has 25 heavy (non-hydrogen) atoms. The van der Waals surface area contributed by atoms with Gasteiger partial charge in [0.1, 0.15) is 4.21 Å². The summed E-state index contributed by atoms with van der Waals surface area (Å²) in [6.07, 6.45) is 1.39. The Morgan fingerprint density at radius 2 is 2.08 bits per heavy atom. The Bertz CT molecular complexity index is 630. The Hall–Kier alpha value is -0.220. The van der Waals surface area contributed by atoms with E-state index < -0.39 is 22.2 Å². The molecule has 9 heteroatoms. The van der Waals surface area contributed by atoms with Crippen LogP contribution in [0.2, 0.25) is 4.34 Å². The Labute approximate surface area is 158 Å². The summed E-state index contributed by atoms with van der Waals surface area (Å²) in [5.74, 6) is -0.0200. The van der Waals surface area contributed by atoms with Crippen LogP contribution in [-0.4, -0.2) is 45.2 Å². The van der Waals surface area contributed by atoms with Gasteiger partial charge >= 0.3 is 0 Å². The number of nitrogens with one attached hydrogen (secondary N) is 1. The van der Waals surface area contributed by atoms with Crippen molar-refractivity contribution in [3.05, 3.63) is 16.5 Å². The Balaban J connectivity index is 2.01. The topological polar surface area (TPSA) is 84.9 Å². The SMILES string of the molecule is CC[C@H](C)C(NS(=O)(=O)c1ccc(Cl)s1)[C@@H](O)CCC1OCCCO1. The van der Waals surface area contributed by atoms with Gasteiger partial charge in [0.25, 0.3) is 0 Å². The molecule has 2 N–H and O–H groups in total. The van der Waals surface area contributed by atoms with E-state index in [1.54, 1.807) is 6.07 Å². The van der Waals surface area contributed by atoms with Crippen molar-refractivity contribution in [2.75, 3.05) is 13.2 Å². The minimum absolute atomic E-state index is 0.0200. The van der Waals surface area contributed by atoms with Gasteiger partial charge in [-0.1, -0.05) is 31.9 Å². The fourth-order valence-electron chi connectivity index (χ4n) is 2.70. The third kappa shape index (κ3) is 6.16. The summed E-state index contributed by atoms with van der Waals surface area (Å²) in [6.45, 7) is 5.20. The molecule has 1 aromatic rings. The van der Waals surface area contributed by atoms with Crippen molar-refractivity contribution < 1.29 is 23.0 Å². The van der Waals surface area contributed by atoms with Crippen LogP contribution in [0.15, 0.2) is 16.3 Å². The molecule has 1 fully saturated rings. The summed E-state index contributed by atoms with van der Waals surface area (Å²) >= 11 is 6.84. The zero-order valence-corrected chi connectivity index (χ0v) is 16.9. The smallest absolute Gasteiger partial charge is 0.250 e. The Morgan fingerprint density at radius 3 is 2.64 bits per heavy atom. The molecule has 0 aromatic carbocycles. The second kappa shape index (κ2) is 9.64. The number of sulfonamides is 1. The number of hydrogen-bond donors (Lipinski definition) is 2.